The number of fused-ring (bicyclic) bond motifs is 1. The largest absolute Gasteiger partial charge is 0.481 e. The van der Waals surface area contributed by atoms with Crippen molar-refractivity contribution in [1.82, 2.24) is 9.97 Å². The first-order valence-electron chi connectivity index (χ1n) is 5.07. The number of carboxylic acid groups (broad SMARTS) is 1. The number of aryl methyl sites for hydroxylation is 1. The Kier molecular flexibility index (Phi) is 3.00. The van der Waals surface area contributed by atoms with Crippen molar-refractivity contribution in [2.75, 3.05) is 6.61 Å². The number of aromatic nitrogens is 2. The van der Waals surface area contributed by atoms with Crippen molar-refractivity contribution in [3.05, 3.63) is 27.4 Å². The molecule has 0 fully saturated rings. The van der Waals surface area contributed by atoms with Gasteiger partial charge < -0.3 is 14.8 Å². The summed E-state index contributed by atoms with van der Waals surface area (Å²) < 4.78 is 5.27. The van der Waals surface area contributed by atoms with Gasteiger partial charge in [0.2, 0.25) is 0 Å². The molecular weight excluding hydrogens is 212 g/mol. The molecule has 0 aliphatic carbocycles. The van der Waals surface area contributed by atoms with Crippen LogP contribution in [0.15, 0.2) is 4.79 Å². The molecule has 0 spiro atoms. The number of rotatable bonds is 3. The molecule has 0 atom stereocenters. The Morgan fingerprint density at radius 2 is 2.38 bits per heavy atom. The molecular formula is C10H12N2O4. The monoisotopic (exact) mass is 224 g/mol. The third kappa shape index (κ3) is 2.27. The first-order chi connectivity index (χ1) is 7.66. The van der Waals surface area contributed by atoms with E-state index in [4.69, 9.17) is 9.84 Å². The van der Waals surface area contributed by atoms with Gasteiger partial charge in [-0.3, -0.25) is 4.79 Å². The van der Waals surface area contributed by atoms with Crippen molar-refractivity contribution in [2.45, 2.75) is 25.9 Å². The van der Waals surface area contributed by atoms with Crippen molar-refractivity contribution in [2.24, 2.45) is 0 Å². The number of H-pyrrole nitrogens is 1. The molecule has 6 nitrogen and oxygen atoms in total. The highest BCUT2D eigenvalue weighted by atomic mass is 16.5. The van der Waals surface area contributed by atoms with Gasteiger partial charge in [-0.1, -0.05) is 0 Å². The number of hydrogen-bond acceptors (Lipinski definition) is 4. The summed E-state index contributed by atoms with van der Waals surface area (Å²) >= 11 is 0. The van der Waals surface area contributed by atoms with Gasteiger partial charge in [-0.15, -0.1) is 0 Å². The van der Waals surface area contributed by atoms with Gasteiger partial charge in [0.05, 0.1) is 25.3 Å². The molecule has 86 valence electrons. The smallest absolute Gasteiger partial charge is 0.345 e. The molecule has 1 aromatic heterocycles. The fourth-order valence-electron chi connectivity index (χ4n) is 1.76. The average Bonchev–Trinajstić information content (AvgIpc) is 2.25. The Balaban J connectivity index is 2.32. The van der Waals surface area contributed by atoms with Gasteiger partial charge >= 0.3 is 11.7 Å². The molecule has 0 radical (unpaired) electrons. The number of carbonyl (C=O) groups is 1. The number of ether oxygens (including phenoxy) is 1. The first-order valence-corrected chi connectivity index (χ1v) is 5.07. The van der Waals surface area contributed by atoms with Gasteiger partial charge in [0.15, 0.2) is 0 Å². The molecule has 16 heavy (non-hydrogen) atoms. The van der Waals surface area contributed by atoms with E-state index >= 15 is 0 Å². The predicted octanol–water partition coefficient (Wildman–Crippen LogP) is -0.140. The molecule has 0 amide bonds. The summed E-state index contributed by atoms with van der Waals surface area (Å²) in [4.78, 5) is 28.2. The van der Waals surface area contributed by atoms with Crippen LogP contribution in [0.1, 0.15) is 23.4 Å². The number of nitrogens with one attached hydrogen (secondary N) is 1. The van der Waals surface area contributed by atoms with Crippen LogP contribution in [0.3, 0.4) is 0 Å². The van der Waals surface area contributed by atoms with Crippen molar-refractivity contribution in [3.63, 3.8) is 0 Å². The van der Waals surface area contributed by atoms with E-state index in [2.05, 4.69) is 9.97 Å². The van der Waals surface area contributed by atoms with Crippen LogP contribution < -0.4 is 5.69 Å². The van der Waals surface area contributed by atoms with Crippen LogP contribution in [0.25, 0.3) is 0 Å². The van der Waals surface area contributed by atoms with Gasteiger partial charge in [-0.25, -0.2) is 4.79 Å². The van der Waals surface area contributed by atoms with Crippen LogP contribution in [-0.2, 0) is 29.0 Å². The second kappa shape index (κ2) is 4.44. The minimum Gasteiger partial charge on any atom is -0.481 e. The van der Waals surface area contributed by atoms with Crippen LogP contribution in [0.2, 0.25) is 0 Å². The highest BCUT2D eigenvalue weighted by molar-refractivity contribution is 5.67. The standard InChI is InChI=1S/C10H12N2O4/c13-9(14)2-1-7-6-5-16-4-3-8(6)12-10(15)11-7/h1-5H2,(H,13,14)(H,11,12,15). The zero-order valence-corrected chi connectivity index (χ0v) is 8.65. The van der Waals surface area contributed by atoms with E-state index in [9.17, 15) is 9.59 Å². The van der Waals surface area contributed by atoms with Gasteiger partial charge in [0.1, 0.15) is 0 Å². The summed E-state index contributed by atoms with van der Waals surface area (Å²) in [6, 6.07) is 0. The van der Waals surface area contributed by atoms with E-state index in [1.165, 1.54) is 0 Å². The Morgan fingerprint density at radius 3 is 3.12 bits per heavy atom. The summed E-state index contributed by atoms with van der Waals surface area (Å²) in [5.41, 5.74) is 1.79. The highest BCUT2D eigenvalue weighted by Gasteiger charge is 2.16. The van der Waals surface area contributed by atoms with E-state index in [0.717, 1.165) is 11.3 Å². The highest BCUT2D eigenvalue weighted by Crippen LogP contribution is 2.16. The van der Waals surface area contributed by atoms with E-state index < -0.39 is 11.7 Å². The topological polar surface area (TPSA) is 92.3 Å². The zero-order chi connectivity index (χ0) is 11.5. The number of nitrogens with zero attached hydrogens (tertiary/aromatic N) is 1. The van der Waals surface area contributed by atoms with Crippen LogP contribution in [0.5, 0.6) is 0 Å². The molecule has 2 rings (SSSR count). The lowest BCUT2D eigenvalue weighted by Gasteiger charge is -2.17. The molecule has 0 unspecified atom stereocenters. The van der Waals surface area contributed by atoms with E-state index in [1.807, 2.05) is 0 Å². The van der Waals surface area contributed by atoms with Crippen LogP contribution in [0.4, 0.5) is 0 Å². The van der Waals surface area contributed by atoms with E-state index in [1.54, 1.807) is 0 Å². The second-order valence-electron chi connectivity index (χ2n) is 3.64. The average molecular weight is 224 g/mol. The van der Waals surface area contributed by atoms with Crippen molar-refractivity contribution in [3.8, 4) is 0 Å². The van der Waals surface area contributed by atoms with Gasteiger partial charge in [-0.2, -0.15) is 4.98 Å². The Labute approximate surface area is 91.3 Å². The lowest BCUT2D eigenvalue weighted by molar-refractivity contribution is -0.136. The Morgan fingerprint density at radius 1 is 1.56 bits per heavy atom. The molecule has 1 aliphatic heterocycles. The van der Waals surface area contributed by atoms with E-state index in [-0.39, 0.29) is 12.8 Å². The summed E-state index contributed by atoms with van der Waals surface area (Å²) in [7, 11) is 0. The first kappa shape index (κ1) is 10.8. The van der Waals surface area contributed by atoms with Crippen molar-refractivity contribution < 1.29 is 14.6 Å². The molecule has 0 saturated heterocycles. The SMILES string of the molecule is O=C(O)CCc1nc(=O)[nH]c2c1COCC2. The number of carboxylic acids is 1. The van der Waals surface area contributed by atoms with Gasteiger partial charge in [0, 0.05) is 24.1 Å². The summed E-state index contributed by atoms with van der Waals surface area (Å²) in [5, 5.41) is 8.60. The lowest BCUT2D eigenvalue weighted by atomic mass is 10.0. The maximum absolute atomic E-state index is 11.3. The fraction of sp³-hybridized carbons (Fsp3) is 0.500. The van der Waals surface area contributed by atoms with Crippen LogP contribution in [0, 0.1) is 0 Å². The molecule has 1 aromatic rings. The summed E-state index contributed by atoms with van der Waals surface area (Å²) in [5.74, 6) is -0.896. The van der Waals surface area contributed by atoms with Crippen LogP contribution in [-0.4, -0.2) is 27.7 Å². The molecule has 2 heterocycles. The molecule has 6 heteroatoms. The minimum atomic E-state index is -0.896. The maximum Gasteiger partial charge on any atom is 0.345 e. The van der Waals surface area contributed by atoms with Crippen LogP contribution >= 0.6 is 0 Å². The summed E-state index contributed by atoms with van der Waals surface area (Å²) in [6.07, 6.45) is 0.890. The Hall–Kier alpha value is -1.69. The fourth-order valence-corrected chi connectivity index (χ4v) is 1.76. The van der Waals surface area contributed by atoms with E-state index in [0.29, 0.717) is 25.3 Å². The molecule has 1 aliphatic rings. The van der Waals surface area contributed by atoms with Gasteiger partial charge in [-0.05, 0) is 0 Å². The molecule has 0 aromatic carbocycles. The normalized spacial score (nSPS) is 14.5. The maximum atomic E-state index is 11.3. The van der Waals surface area contributed by atoms with Crippen molar-refractivity contribution in [1.29, 1.82) is 0 Å². The quantitative estimate of drug-likeness (QED) is 0.745. The molecule has 0 bridgehead atoms. The third-order valence-corrected chi connectivity index (χ3v) is 2.53. The summed E-state index contributed by atoms with van der Waals surface area (Å²) in [6.45, 7) is 0.972. The number of hydrogen-bond donors (Lipinski definition) is 2. The third-order valence-electron chi connectivity index (χ3n) is 2.53. The molecule has 0 saturated carbocycles. The second-order valence-corrected chi connectivity index (χ2v) is 3.64. The van der Waals surface area contributed by atoms with Crippen molar-refractivity contribution >= 4 is 5.97 Å². The predicted molar refractivity (Wildman–Crippen MR) is 54.2 cm³/mol. The lowest BCUT2D eigenvalue weighted by Crippen LogP contribution is -2.24. The Bertz CT molecular complexity index is 466. The zero-order valence-electron chi connectivity index (χ0n) is 8.65. The number of aliphatic carboxylic acids is 1. The minimum absolute atomic E-state index is 0.0249. The van der Waals surface area contributed by atoms with Gasteiger partial charge in [0.25, 0.3) is 0 Å². The number of aromatic amines is 1. The molecule has 2 N–H and O–H groups in total.